The Morgan fingerprint density at radius 2 is 2.29 bits per heavy atom. The highest BCUT2D eigenvalue weighted by Crippen LogP contribution is 2.13. The number of hydrogen-bond donors (Lipinski definition) is 0. The molecule has 0 bridgehead atoms. The molecular weight excluding hydrogens is 180 g/mol. The van der Waals surface area contributed by atoms with Crippen molar-refractivity contribution in [3.8, 4) is 0 Å². The molecule has 0 amide bonds. The van der Waals surface area contributed by atoms with Gasteiger partial charge in [-0.25, -0.2) is 0 Å². The second-order valence-corrected chi connectivity index (χ2v) is 3.31. The summed E-state index contributed by atoms with van der Waals surface area (Å²) in [6.45, 7) is 4.76. The topological polar surface area (TPSA) is 27.7 Å². The quantitative estimate of drug-likeness (QED) is 0.485. The molecule has 82 valence electrons. The molecule has 1 aliphatic heterocycles. The SMILES string of the molecule is CC=CCOCCOC1CCCCO1. The van der Waals surface area contributed by atoms with E-state index >= 15 is 0 Å². The monoisotopic (exact) mass is 200 g/mol. The second-order valence-electron chi connectivity index (χ2n) is 3.31. The first kappa shape index (κ1) is 11.7. The van der Waals surface area contributed by atoms with Gasteiger partial charge in [-0.3, -0.25) is 0 Å². The van der Waals surface area contributed by atoms with Crippen molar-refractivity contribution in [1.82, 2.24) is 0 Å². The van der Waals surface area contributed by atoms with Gasteiger partial charge in [0.15, 0.2) is 6.29 Å². The van der Waals surface area contributed by atoms with Crippen molar-refractivity contribution in [3.05, 3.63) is 12.2 Å². The van der Waals surface area contributed by atoms with Gasteiger partial charge in [-0.05, 0) is 26.2 Å². The molecule has 1 aliphatic rings. The average molecular weight is 200 g/mol. The predicted octanol–water partition coefficient (Wildman–Crippen LogP) is 2.12. The van der Waals surface area contributed by atoms with E-state index in [1.807, 2.05) is 19.1 Å². The minimum atomic E-state index is 0.00840. The summed E-state index contributed by atoms with van der Waals surface area (Å²) in [7, 11) is 0. The predicted molar refractivity (Wildman–Crippen MR) is 55.2 cm³/mol. The van der Waals surface area contributed by atoms with Gasteiger partial charge < -0.3 is 14.2 Å². The molecule has 0 spiro atoms. The first-order valence-electron chi connectivity index (χ1n) is 5.35. The van der Waals surface area contributed by atoms with Crippen molar-refractivity contribution < 1.29 is 14.2 Å². The molecule has 0 N–H and O–H groups in total. The number of ether oxygens (including phenoxy) is 3. The van der Waals surface area contributed by atoms with E-state index in [0.717, 1.165) is 19.4 Å². The van der Waals surface area contributed by atoms with Crippen molar-refractivity contribution in [2.75, 3.05) is 26.4 Å². The molecule has 0 aromatic heterocycles. The number of allylic oxidation sites excluding steroid dienone is 1. The van der Waals surface area contributed by atoms with Crippen molar-refractivity contribution in [3.63, 3.8) is 0 Å². The van der Waals surface area contributed by atoms with Crippen LogP contribution >= 0.6 is 0 Å². The van der Waals surface area contributed by atoms with Crippen LogP contribution in [0.25, 0.3) is 0 Å². The van der Waals surface area contributed by atoms with E-state index in [4.69, 9.17) is 14.2 Å². The maximum atomic E-state index is 5.49. The lowest BCUT2D eigenvalue weighted by Gasteiger charge is -2.22. The molecule has 0 radical (unpaired) electrons. The summed E-state index contributed by atoms with van der Waals surface area (Å²) in [5.74, 6) is 0. The van der Waals surface area contributed by atoms with Crippen LogP contribution < -0.4 is 0 Å². The van der Waals surface area contributed by atoms with Crippen LogP contribution in [0.4, 0.5) is 0 Å². The molecule has 3 nitrogen and oxygen atoms in total. The van der Waals surface area contributed by atoms with E-state index in [9.17, 15) is 0 Å². The smallest absolute Gasteiger partial charge is 0.157 e. The van der Waals surface area contributed by atoms with E-state index in [-0.39, 0.29) is 6.29 Å². The molecule has 1 rings (SSSR count). The lowest BCUT2D eigenvalue weighted by molar-refractivity contribution is -0.168. The molecule has 0 aromatic carbocycles. The third kappa shape index (κ3) is 5.37. The van der Waals surface area contributed by atoms with Crippen LogP contribution in [0.2, 0.25) is 0 Å². The second kappa shape index (κ2) is 7.97. The highest BCUT2D eigenvalue weighted by atomic mass is 16.7. The van der Waals surface area contributed by atoms with Gasteiger partial charge in [0.25, 0.3) is 0 Å². The molecule has 1 heterocycles. The van der Waals surface area contributed by atoms with E-state index in [1.54, 1.807) is 0 Å². The lowest BCUT2D eigenvalue weighted by atomic mass is 10.2. The first-order valence-corrected chi connectivity index (χ1v) is 5.35. The molecule has 1 unspecified atom stereocenters. The zero-order valence-electron chi connectivity index (χ0n) is 8.91. The Hall–Kier alpha value is -0.380. The van der Waals surface area contributed by atoms with Crippen molar-refractivity contribution in [2.24, 2.45) is 0 Å². The molecule has 1 fully saturated rings. The Balaban J connectivity index is 1.87. The maximum absolute atomic E-state index is 5.49. The van der Waals surface area contributed by atoms with Crippen LogP contribution in [0.15, 0.2) is 12.2 Å². The molecule has 0 aromatic rings. The fourth-order valence-corrected chi connectivity index (χ4v) is 1.33. The minimum Gasteiger partial charge on any atom is -0.375 e. The van der Waals surface area contributed by atoms with Crippen molar-refractivity contribution >= 4 is 0 Å². The van der Waals surface area contributed by atoms with Gasteiger partial charge in [0.2, 0.25) is 0 Å². The van der Waals surface area contributed by atoms with E-state index in [0.29, 0.717) is 19.8 Å². The Kier molecular flexibility index (Phi) is 6.66. The van der Waals surface area contributed by atoms with Gasteiger partial charge >= 0.3 is 0 Å². The van der Waals surface area contributed by atoms with Crippen LogP contribution in [0.3, 0.4) is 0 Å². The van der Waals surface area contributed by atoms with E-state index < -0.39 is 0 Å². The van der Waals surface area contributed by atoms with Crippen LogP contribution in [0, 0.1) is 0 Å². The maximum Gasteiger partial charge on any atom is 0.157 e. The fourth-order valence-electron chi connectivity index (χ4n) is 1.33. The largest absolute Gasteiger partial charge is 0.375 e. The van der Waals surface area contributed by atoms with Gasteiger partial charge in [-0.2, -0.15) is 0 Å². The van der Waals surface area contributed by atoms with Crippen molar-refractivity contribution in [1.29, 1.82) is 0 Å². The molecule has 14 heavy (non-hydrogen) atoms. The Morgan fingerprint density at radius 1 is 1.36 bits per heavy atom. The van der Waals surface area contributed by atoms with Gasteiger partial charge in [0.05, 0.1) is 19.8 Å². The summed E-state index contributed by atoms with van der Waals surface area (Å²) in [5.41, 5.74) is 0. The fraction of sp³-hybridized carbons (Fsp3) is 0.818. The Bertz CT molecular complexity index is 151. The van der Waals surface area contributed by atoms with E-state index in [2.05, 4.69) is 0 Å². The van der Waals surface area contributed by atoms with Gasteiger partial charge in [-0.15, -0.1) is 0 Å². The summed E-state index contributed by atoms with van der Waals surface area (Å²) in [6, 6.07) is 0. The molecule has 0 saturated carbocycles. The first-order chi connectivity index (χ1) is 6.93. The van der Waals surface area contributed by atoms with Crippen LogP contribution in [0.5, 0.6) is 0 Å². The summed E-state index contributed by atoms with van der Waals surface area (Å²) in [4.78, 5) is 0. The van der Waals surface area contributed by atoms with Crippen LogP contribution in [0.1, 0.15) is 26.2 Å². The molecular formula is C11H20O3. The molecule has 0 aliphatic carbocycles. The number of rotatable bonds is 6. The summed E-state index contributed by atoms with van der Waals surface area (Å²) in [5, 5.41) is 0. The molecule has 3 heteroatoms. The summed E-state index contributed by atoms with van der Waals surface area (Å²) in [6.07, 6.45) is 7.37. The number of hydrogen-bond acceptors (Lipinski definition) is 3. The lowest BCUT2D eigenvalue weighted by Crippen LogP contribution is -2.23. The van der Waals surface area contributed by atoms with E-state index in [1.165, 1.54) is 6.42 Å². The van der Waals surface area contributed by atoms with Gasteiger partial charge in [0.1, 0.15) is 0 Å². The van der Waals surface area contributed by atoms with Crippen LogP contribution in [-0.4, -0.2) is 32.7 Å². The Labute approximate surface area is 86.0 Å². The Morgan fingerprint density at radius 3 is 3.00 bits per heavy atom. The van der Waals surface area contributed by atoms with Crippen LogP contribution in [-0.2, 0) is 14.2 Å². The standard InChI is InChI=1S/C11H20O3/c1-2-3-7-12-9-10-14-11-6-4-5-8-13-11/h2-3,11H,4-10H2,1H3. The minimum absolute atomic E-state index is 0.00840. The highest BCUT2D eigenvalue weighted by molar-refractivity contribution is 4.75. The third-order valence-corrected chi connectivity index (χ3v) is 2.12. The average Bonchev–Trinajstić information content (AvgIpc) is 2.25. The van der Waals surface area contributed by atoms with Crippen molar-refractivity contribution in [2.45, 2.75) is 32.5 Å². The summed E-state index contributed by atoms with van der Waals surface area (Å²) >= 11 is 0. The zero-order valence-corrected chi connectivity index (χ0v) is 8.91. The summed E-state index contributed by atoms with van der Waals surface area (Å²) < 4.78 is 16.2. The third-order valence-electron chi connectivity index (χ3n) is 2.12. The molecule has 1 atom stereocenters. The molecule has 1 saturated heterocycles. The highest BCUT2D eigenvalue weighted by Gasteiger charge is 2.13. The normalized spacial score (nSPS) is 23.1. The van der Waals surface area contributed by atoms with Gasteiger partial charge in [-0.1, -0.05) is 12.2 Å². The van der Waals surface area contributed by atoms with Gasteiger partial charge in [0, 0.05) is 6.61 Å². The zero-order chi connectivity index (χ0) is 10.1.